The Kier molecular flexibility index (Phi) is 26.8. The standard InChI is InChI=1S/C26H53N3O5.ClH/c1-6-7-8-9-10-11-12-13-14-15-16-17-18-19-20-33-21-24(32-5)22-34-26(31)28-25(30)27-23(2)29(3)4;/h23-24H,6-22H2,1-5H3,(H2,27,28,30,31);1H. The van der Waals surface area contributed by atoms with Crippen molar-refractivity contribution in [2.45, 2.75) is 116 Å². The highest BCUT2D eigenvalue weighted by atomic mass is 35.5. The first kappa shape index (κ1) is 36.1. The summed E-state index contributed by atoms with van der Waals surface area (Å²) in [6.45, 7) is 5.13. The van der Waals surface area contributed by atoms with Gasteiger partial charge in [-0.3, -0.25) is 4.90 Å². The van der Waals surface area contributed by atoms with E-state index in [4.69, 9.17) is 14.2 Å². The van der Waals surface area contributed by atoms with Gasteiger partial charge in [0.1, 0.15) is 12.7 Å². The van der Waals surface area contributed by atoms with Crippen molar-refractivity contribution in [3.63, 3.8) is 0 Å². The number of hydrogen-bond donors (Lipinski definition) is 2. The van der Waals surface area contributed by atoms with Crippen LogP contribution in [0.4, 0.5) is 9.59 Å². The van der Waals surface area contributed by atoms with Crippen LogP contribution in [0.2, 0.25) is 0 Å². The Bertz CT molecular complexity index is 498. The van der Waals surface area contributed by atoms with Crippen LogP contribution in [0.3, 0.4) is 0 Å². The first-order valence-corrected chi connectivity index (χ1v) is 13.4. The summed E-state index contributed by atoms with van der Waals surface area (Å²) in [5, 5.41) is 4.75. The summed E-state index contributed by atoms with van der Waals surface area (Å²) in [4.78, 5) is 25.3. The molecule has 0 aromatic heterocycles. The summed E-state index contributed by atoms with van der Waals surface area (Å²) >= 11 is 0. The molecule has 35 heavy (non-hydrogen) atoms. The van der Waals surface area contributed by atoms with Crippen LogP contribution in [-0.2, 0) is 14.2 Å². The third-order valence-electron chi connectivity index (χ3n) is 6.01. The molecule has 8 nitrogen and oxygen atoms in total. The minimum Gasteiger partial charge on any atom is -0.446 e. The van der Waals surface area contributed by atoms with E-state index < -0.39 is 12.1 Å². The smallest absolute Gasteiger partial charge is 0.415 e. The number of amides is 3. The Hall–Kier alpha value is -1.09. The Morgan fingerprint density at radius 2 is 1.29 bits per heavy atom. The molecule has 0 aliphatic carbocycles. The number of nitrogens with one attached hydrogen (secondary N) is 2. The van der Waals surface area contributed by atoms with Crippen LogP contribution in [0.15, 0.2) is 0 Å². The van der Waals surface area contributed by atoms with Gasteiger partial charge in [-0.2, -0.15) is 0 Å². The van der Waals surface area contributed by atoms with Crippen LogP contribution in [0.5, 0.6) is 0 Å². The summed E-state index contributed by atoms with van der Waals surface area (Å²) in [5.74, 6) is 0. The number of imide groups is 1. The molecule has 0 aromatic carbocycles. The summed E-state index contributed by atoms with van der Waals surface area (Å²) in [7, 11) is 5.20. The first-order chi connectivity index (χ1) is 16.4. The van der Waals surface area contributed by atoms with Gasteiger partial charge in [0.15, 0.2) is 0 Å². The third-order valence-corrected chi connectivity index (χ3v) is 6.01. The molecule has 0 rings (SSSR count). The minimum absolute atomic E-state index is 0. The average Bonchev–Trinajstić information content (AvgIpc) is 2.80. The molecule has 0 spiro atoms. The lowest BCUT2D eigenvalue weighted by Gasteiger charge is -2.21. The number of ether oxygens (including phenoxy) is 3. The van der Waals surface area contributed by atoms with Gasteiger partial charge in [0, 0.05) is 13.7 Å². The van der Waals surface area contributed by atoms with E-state index in [0.29, 0.717) is 13.2 Å². The van der Waals surface area contributed by atoms with Gasteiger partial charge in [0.2, 0.25) is 0 Å². The van der Waals surface area contributed by atoms with Gasteiger partial charge >= 0.3 is 12.1 Å². The lowest BCUT2D eigenvalue weighted by atomic mass is 10.0. The summed E-state index contributed by atoms with van der Waals surface area (Å²) < 4.78 is 16.0. The molecule has 0 aliphatic heterocycles. The van der Waals surface area contributed by atoms with Crippen LogP contribution < -0.4 is 10.6 Å². The maximum atomic E-state index is 11.7. The Morgan fingerprint density at radius 3 is 1.74 bits per heavy atom. The van der Waals surface area contributed by atoms with Gasteiger partial charge in [0.05, 0.1) is 12.8 Å². The number of carbonyl (C=O) groups is 2. The van der Waals surface area contributed by atoms with Crippen LogP contribution in [0, 0.1) is 0 Å². The molecule has 2 unspecified atom stereocenters. The molecule has 9 heteroatoms. The molecule has 2 atom stereocenters. The van der Waals surface area contributed by atoms with E-state index in [-0.39, 0.29) is 31.3 Å². The molecule has 0 fully saturated rings. The number of nitrogens with zero attached hydrogens (tertiary/aromatic N) is 1. The van der Waals surface area contributed by atoms with E-state index in [0.717, 1.165) is 6.42 Å². The van der Waals surface area contributed by atoms with Crippen LogP contribution in [0.1, 0.15) is 104 Å². The van der Waals surface area contributed by atoms with Crippen molar-refractivity contribution >= 4 is 24.5 Å². The Labute approximate surface area is 221 Å². The van der Waals surface area contributed by atoms with E-state index in [1.54, 1.807) is 18.9 Å². The second-order valence-corrected chi connectivity index (χ2v) is 9.37. The lowest BCUT2D eigenvalue weighted by molar-refractivity contribution is -0.0244. The van der Waals surface area contributed by atoms with E-state index in [1.807, 2.05) is 14.1 Å². The maximum absolute atomic E-state index is 11.7. The van der Waals surface area contributed by atoms with E-state index >= 15 is 0 Å². The molecule has 3 amide bonds. The predicted molar refractivity (Wildman–Crippen MR) is 145 cm³/mol. The highest BCUT2D eigenvalue weighted by molar-refractivity contribution is 5.90. The maximum Gasteiger partial charge on any atom is 0.415 e. The zero-order chi connectivity index (χ0) is 25.4. The molecule has 0 radical (unpaired) electrons. The molecule has 2 N–H and O–H groups in total. The molecule has 0 saturated heterocycles. The zero-order valence-corrected chi connectivity index (χ0v) is 23.9. The molecule has 0 heterocycles. The van der Waals surface area contributed by atoms with Crippen LogP contribution in [0.25, 0.3) is 0 Å². The minimum atomic E-state index is -0.808. The number of methoxy groups -OCH3 is 1. The fourth-order valence-electron chi connectivity index (χ4n) is 3.45. The van der Waals surface area contributed by atoms with Crippen molar-refractivity contribution < 1.29 is 23.8 Å². The Balaban J connectivity index is 0. The number of alkyl carbamates (subject to hydrolysis) is 1. The van der Waals surface area contributed by atoms with E-state index in [1.165, 1.54) is 83.5 Å². The number of rotatable bonds is 22. The second-order valence-electron chi connectivity index (χ2n) is 9.37. The van der Waals surface area contributed by atoms with Crippen molar-refractivity contribution in [2.75, 3.05) is 41.0 Å². The van der Waals surface area contributed by atoms with Gasteiger partial charge in [0.25, 0.3) is 0 Å². The van der Waals surface area contributed by atoms with Gasteiger partial charge in [-0.05, 0) is 27.4 Å². The van der Waals surface area contributed by atoms with Crippen molar-refractivity contribution in [3.05, 3.63) is 0 Å². The Morgan fingerprint density at radius 1 is 0.800 bits per heavy atom. The van der Waals surface area contributed by atoms with Crippen LogP contribution in [-0.4, -0.2) is 70.3 Å². The lowest BCUT2D eigenvalue weighted by Crippen LogP contribution is -2.49. The van der Waals surface area contributed by atoms with Gasteiger partial charge < -0.3 is 19.5 Å². The van der Waals surface area contributed by atoms with E-state index in [2.05, 4.69) is 17.6 Å². The monoisotopic (exact) mass is 523 g/mol. The number of carbonyl (C=O) groups excluding carboxylic acids is 2. The van der Waals surface area contributed by atoms with Gasteiger partial charge in [-0.15, -0.1) is 12.4 Å². The first-order valence-electron chi connectivity index (χ1n) is 13.4. The van der Waals surface area contributed by atoms with E-state index in [9.17, 15) is 9.59 Å². The number of urea groups is 1. The van der Waals surface area contributed by atoms with Crippen molar-refractivity contribution in [1.29, 1.82) is 0 Å². The molecular formula is C26H54ClN3O5. The topological polar surface area (TPSA) is 89.1 Å². The van der Waals surface area contributed by atoms with Crippen LogP contribution >= 0.6 is 12.4 Å². The fraction of sp³-hybridized carbons (Fsp3) is 0.923. The third kappa shape index (κ3) is 24.4. The van der Waals surface area contributed by atoms with Crippen molar-refractivity contribution in [2.24, 2.45) is 0 Å². The normalized spacial score (nSPS) is 12.6. The SMILES string of the molecule is CCCCCCCCCCCCCCCCOCC(COC(=O)NC(=O)NC(C)N(C)C)OC.Cl. The zero-order valence-electron chi connectivity index (χ0n) is 23.1. The largest absolute Gasteiger partial charge is 0.446 e. The van der Waals surface area contributed by atoms with Gasteiger partial charge in [-0.25, -0.2) is 14.9 Å². The number of hydrogen-bond acceptors (Lipinski definition) is 6. The summed E-state index contributed by atoms with van der Waals surface area (Å²) in [5.41, 5.74) is 0. The molecule has 0 aromatic rings. The highest BCUT2D eigenvalue weighted by Gasteiger charge is 2.15. The van der Waals surface area contributed by atoms with Crippen molar-refractivity contribution in [3.8, 4) is 0 Å². The predicted octanol–water partition coefficient (Wildman–Crippen LogP) is 6.26. The summed E-state index contributed by atoms with van der Waals surface area (Å²) in [6.07, 6.45) is 17.2. The number of unbranched alkanes of at least 4 members (excludes halogenated alkanes) is 13. The molecule has 0 aliphatic rings. The fourth-order valence-corrected chi connectivity index (χ4v) is 3.45. The van der Waals surface area contributed by atoms with Gasteiger partial charge in [-0.1, -0.05) is 90.4 Å². The molecular weight excluding hydrogens is 470 g/mol. The summed E-state index contributed by atoms with van der Waals surface area (Å²) in [6, 6.07) is -0.603. The quantitative estimate of drug-likeness (QED) is 0.128. The molecule has 0 saturated carbocycles. The molecule has 0 bridgehead atoms. The van der Waals surface area contributed by atoms with Crippen molar-refractivity contribution in [1.82, 2.24) is 15.5 Å². The number of halogens is 1. The second kappa shape index (κ2) is 26.0. The highest BCUT2D eigenvalue weighted by Crippen LogP contribution is 2.13. The average molecular weight is 524 g/mol. The molecule has 210 valence electrons.